The van der Waals surface area contributed by atoms with Gasteiger partial charge in [-0.1, -0.05) is 35.9 Å². The van der Waals surface area contributed by atoms with Gasteiger partial charge in [0.15, 0.2) is 0 Å². The van der Waals surface area contributed by atoms with Crippen LogP contribution in [0.15, 0.2) is 36.4 Å². The maximum atomic E-state index is 13.2. The van der Waals surface area contributed by atoms with Crippen LogP contribution in [0.3, 0.4) is 0 Å². The van der Waals surface area contributed by atoms with Crippen molar-refractivity contribution >= 4 is 11.6 Å². The van der Waals surface area contributed by atoms with Crippen molar-refractivity contribution in [3.63, 3.8) is 0 Å². The number of benzene rings is 2. The molecule has 0 spiro atoms. The summed E-state index contributed by atoms with van der Waals surface area (Å²) in [5, 5.41) is 0.121. The summed E-state index contributed by atoms with van der Waals surface area (Å²) in [5.41, 5.74) is 11.0. The standard InChI is InChI=1S/C17H17ClFN/c18-15-10-14(7-8-16(15)19)17(20)13-6-5-11-3-1-2-4-12(11)9-13/h5-10,17H,1-4,20H2. The van der Waals surface area contributed by atoms with Gasteiger partial charge in [0, 0.05) is 0 Å². The summed E-state index contributed by atoms with van der Waals surface area (Å²) in [7, 11) is 0. The van der Waals surface area contributed by atoms with Gasteiger partial charge in [-0.25, -0.2) is 4.39 Å². The van der Waals surface area contributed by atoms with E-state index in [2.05, 4.69) is 18.2 Å². The monoisotopic (exact) mass is 289 g/mol. The Balaban J connectivity index is 1.93. The van der Waals surface area contributed by atoms with Gasteiger partial charge in [-0.05, 0) is 60.1 Å². The van der Waals surface area contributed by atoms with Gasteiger partial charge >= 0.3 is 0 Å². The minimum Gasteiger partial charge on any atom is -0.320 e. The van der Waals surface area contributed by atoms with Crippen LogP contribution in [0, 0.1) is 5.82 Å². The molecule has 104 valence electrons. The highest BCUT2D eigenvalue weighted by Gasteiger charge is 2.15. The lowest BCUT2D eigenvalue weighted by atomic mass is 9.88. The molecule has 0 radical (unpaired) electrons. The van der Waals surface area contributed by atoms with E-state index in [9.17, 15) is 4.39 Å². The average molecular weight is 290 g/mol. The van der Waals surface area contributed by atoms with Crippen molar-refractivity contribution in [2.24, 2.45) is 5.73 Å². The van der Waals surface area contributed by atoms with Gasteiger partial charge in [0.05, 0.1) is 11.1 Å². The minimum atomic E-state index is -0.409. The molecule has 0 saturated carbocycles. The van der Waals surface area contributed by atoms with Gasteiger partial charge in [0.1, 0.15) is 5.82 Å². The molecule has 0 aromatic heterocycles. The molecule has 1 unspecified atom stereocenters. The van der Waals surface area contributed by atoms with Crippen molar-refractivity contribution < 1.29 is 4.39 Å². The van der Waals surface area contributed by atoms with Crippen molar-refractivity contribution in [1.82, 2.24) is 0 Å². The first-order valence-electron chi connectivity index (χ1n) is 6.97. The average Bonchev–Trinajstić information content (AvgIpc) is 2.49. The molecule has 0 fully saturated rings. The Labute approximate surface area is 123 Å². The first-order chi connectivity index (χ1) is 9.65. The van der Waals surface area contributed by atoms with Gasteiger partial charge in [-0.3, -0.25) is 0 Å². The third-order valence-corrected chi connectivity index (χ3v) is 4.32. The van der Waals surface area contributed by atoms with Gasteiger partial charge in [-0.2, -0.15) is 0 Å². The smallest absolute Gasteiger partial charge is 0.141 e. The van der Waals surface area contributed by atoms with Gasteiger partial charge in [0.25, 0.3) is 0 Å². The van der Waals surface area contributed by atoms with Crippen LogP contribution in [0.25, 0.3) is 0 Å². The fraction of sp³-hybridized carbons (Fsp3) is 0.294. The molecule has 0 heterocycles. The Kier molecular flexibility index (Phi) is 3.77. The van der Waals surface area contributed by atoms with Crippen molar-refractivity contribution in [2.45, 2.75) is 31.7 Å². The molecular formula is C17H17ClFN. The van der Waals surface area contributed by atoms with Crippen LogP contribution in [0.1, 0.15) is 41.1 Å². The quantitative estimate of drug-likeness (QED) is 0.871. The van der Waals surface area contributed by atoms with E-state index in [1.165, 1.54) is 30.0 Å². The van der Waals surface area contributed by atoms with Crippen LogP contribution < -0.4 is 5.73 Å². The fourth-order valence-corrected chi connectivity index (χ4v) is 3.03. The number of hydrogen-bond acceptors (Lipinski definition) is 1. The summed E-state index contributed by atoms with van der Waals surface area (Å²) in [6.07, 6.45) is 4.80. The third kappa shape index (κ3) is 2.58. The first kappa shape index (κ1) is 13.6. The minimum absolute atomic E-state index is 0.121. The molecule has 2 aromatic rings. The zero-order chi connectivity index (χ0) is 14.1. The predicted octanol–water partition coefficient (Wildman–Crippen LogP) is 4.41. The largest absolute Gasteiger partial charge is 0.320 e. The zero-order valence-electron chi connectivity index (χ0n) is 11.2. The zero-order valence-corrected chi connectivity index (χ0v) is 12.0. The Morgan fingerprint density at radius 1 is 0.950 bits per heavy atom. The number of fused-ring (bicyclic) bond motifs is 1. The maximum absolute atomic E-state index is 13.2. The first-order valence-corrected chi connectivity index (χ1v) is 7.35. The molecule has 20 heavy (non-hydrogen) atoms. The molecule has 0 saturated heterocycles. The van der Waals surface area contributed by atoms with Crippen LogP contribution in [0.5, 0.6) is 0 Å². The number of nitrogens with two attached hydrogens (primary N) is 1. The molecule has 1 nitrogen and oxygen atoms in total. The summed E-state index contributed by atoms with van der Waals surface area (Å²) in [5.74, 6) is -0.409. The van der Waals surface area contributed by atoms with Crippen LogP contribution in [0.2, 0.25) is 5.02 Å². The molecule has 2 N–H and O–H groups in total. The normalized spacial score (nSPS) is 15.8. The van der Waals surface area contributed by atoms with Crippen molar-refractivity contribution in [2.75, 3.05) is 0 Å². The molecule has 1 aliphatic carbocycles. The molecule has 3 rings (SSSR count). The fourth-order valence-electron chi connectivity index (χ4n) is 2.85. The number of hydrogen-bond donors (Lipinski definition) is 1. The predicted molar refractivity (Wildman–Crippen MR) is 80.5 cm³/mol. The lowest BCUT2D eigenvalue weighted by Crippen LogP contribution is -2.13. The molecule has 2 aromatic carbocycles. The van der Waals surface area contributed by atoms with Crippen LogP contribution in [-0.2, 0) is 12.8 Å². The molecule has 0 bridgehead atoms. The van der Waals surface area contributed by atoms with Gasteiger partial charge in [0.2, 0.25) is 0 Å². The summed E-state index contributed by atoms with van der Waals surface area (Å²) in [6, 6.07) is 10.9. The molecule has 1 atom stereocenters. The SMILES string of the molecule is NC(c1ccc(F)c(Cl)c1)c1ccc2c(c1)CCCC2. The highest BCUT2D eigenvalue weighted by molar-refractivity contribution is 6.30. The highest BCUT2D eigenvalue weighted by Crippen LogP contribution is 2.28. The van der Waals surface area contributed by atoms with Gasteiger partial charge < -0.3 is 5.73 Å². The third-order valence-electron chi connectivity index (χ3n) is 4.03. The molecular weight excluding hydrogens is 273 g/mol. The maximum Gasteiger partial charge on any atom is 0.141 e. The van der Waals surface area contributed by atoms with E-state index < -0.39 is 5.82 Å². The molecule has 3 heteroatoms. The van der Waals surface area contributed by atoms with E-state index in [1.807, 2.05) is 0 Å². The van der Waals surface area contributed by atoms with Crippen LogP contribution in [0.4, 0.5) is 4.39 Å². The molecule has 0 amide bonds. The van der Waals surface area contributed by atoms with E-state index in [-0.39, 0.29) is 11.1 Å². The molecule has 0 aliphatic heterocycles. The van der Waals surface area contributed by atoms with Crippen LogP contribution >= 0.6 is 11.6 Å². The van der Waals surface area contributed by atoms with E-state index in [4.69, 9.17) is 17.3 Å². The highest BCUT2D eigenvalue weighted by atomic mass is 35.5. The number of halogens is 2. The number of rotatable bonds is 2. The summed E-state index contributed by atoms with van der Waals surface area (Å²) < 4.78 is 13.2. The second-order valence-electron chi connectivity index (χ2n) is 5.39. The second-order valence-corrected chi connectivity index (χ2v) is 5.79. The number of aryl methyl sites for hydroxylation is 2. The summed E-state index contributed by atoms with van der Waals surface area (Å²) in [4.78, 5) is 0. The summed E-state index contributed by atoms with van der Waals surface area (Å²) in [6.45, 7) is 0. The second kappa shape index (κ2) is 5.55. The van der Waals surface area contributed by atoms with Crippen molar-refractivity contribution in [3.05, 3.63) is 69.5 Å². The Morgan fingerprint density at radius 2 is 1.60 bits per heavy atom. The van der Waals surface area contributed by atoms with E-state index in [1.54, 1.807) is 12.1 Å². The molecule has 1 aliphatic rings. The van der Waals surface area contributed by atoms with E-state index >= 15 is 0 Å². The summed E-state index contributed by atoms with van der Waals surface area (Å²) >= 11 is 5.83. The Bertz CT molecular complexity index is 639. The van der Waals surface area contributed by atoms with Crippen molar-refractivity contribution in [1.29, 1.82) is 0 Å². The van der Waals surface area contributed by atoms with Crippen LogP contribution in [-0.4, -0.2) is 0 Å². The van der Waals surface area contributed by atoms with Gasteiger partial charge in [-0.15, -0.1) is 0 Å². The Morgan fingerprint density at radius 3 is 2.35 bits per heavy atom. The van der Waals surface area contributed by atoms with E-state index in [0.717, 1.165) is 24.0 Å². The lowest BCUT2D eigenvalue weighted by molar-refractivity contribution is 0.626. The Hall–Kier alpha value is -1.38. The topological polar surface area (TPSA) is 26.0 Å². The lowest BCUT2D eigenvalue weighted by Gasteiger charge is -2.19. The van der Waals surface area contributed by atoms with E-state index in [0.29, 0.717) is 0 Å². The van der Waals surface area contributed by atoms with Crippen molar-refractivity contribution in [3.8, 4) is 0 Å².